The third kappa shape index (κ3) is 4.85. The summed E-state index contributed by atoms with van der Waals surface area (Å²) in [5.74, 6) is 0.570. The quantitative estimate of drug-likeness (QED) is 0.754. The molecule has 2 N–H and O–H groups in total. The highest BCUT2D eigenvalue weighted by atomic mass is 16.5. The first kappa shape index (κ1) is 14.9. The van der Waals surface area contributed by atoms with Crippen LogP contribution < -0.4 is 10.6 Å². The fourth-order valence-corrected chi connectivity index (χ4v) is 1.69. The Morgan fingerprint density at radius 3 is 2.71 bits per heavy atom. The van der Waals surface area contributed by atoms with Crippen LogP contribution in [0.2, 0.25) is 0 Å². The van der Waals surface area contributed by atoms with Crippen LogP contribution in [0.25, 0.3) is 0 Å². The lowest BCUT2D eigenvalue weighted by atomic mass is 10.2. The molecule has 6 nitrogen and oxygen atoms in total. The van der Waals surface area contributed by atoms with E-state index in [1.165, 1.54) is 0 Å². The predicted molar refractivity (Wildman–Crippen MR) is 80.0 cm³/mol. The first-order valence-electron chi connectivity index (χ1n) is 6.65. The summed E-state index contributed by atoms with van der Waals surface area (Å²) in [5.41, 5.74) is 1.65. The molecule has 0 unspecified atom stereocenters. The van der Waals surface area contributed by atoms with Crippen LogP contribution in [-0.2, 0) is 11.3 Å². The van der Waals surface area contributed by atoms with Gasteiger partial charge in [0.1, 0.15) is 5.82 Å². The highest BCUT2D eigenvalue weighted by molar-refractivity contribution is 5.94. The number of hydrogen-bond donors (Lipinski definition) is 2. The second-order valence-electron chi connectivity index (χ2n) is 4.39. The Balaban J connectivity index is 1.85. The van der Waals surface area contributed by atoms with E-state index >= 15 is 0 Å². The van der Waals surface area contributed by atoms with Crippen molar-refractivity contribution < 1.29 is 9.53 Å². The Bertz CT molecular complexity index is 558. The largest absolute Gasteiger partial charge is 0.383 e. The molecule has 2 aromatic rings. The second kappa shape index (κ2) is 7.96. The van der Waals surface area contributed by atoms with Gasteiger partial charge in [0.15, 0.2) is 0 Å². The zero-order valence-electron chi connectivity index (χ0n) is 11.9. The van der Waals surface area contributed by atoms with E-state index in [2.05, 4.69) is 20.6 Å². The van der Waals surface area contributed by atoms with Gasteiger partial charge < -0.3 is 15.4 Å². The molecule has 0 aliphatic carbocycles. The lowest BCUT2D eigenvalue weighted by molar-refractivity contribution is 0.0937. The average molecular weight is 286 g/mol. The minimum Gasteiger partial charge on any atom is -0.383 e. The van der Waals surface area contributed by atoms with Crippen LogP contribution in [0.4, 0.5) is 5.82 Å². The molecule has 21 heavy (non-hydrogen) atoms. The zero-order valence-corrected chi connectivity index (χ0v) is 11.9. The normalized spacial score (nSPS) is 10.1. The van der Waals surface area contributed by atoms with Gasteiger partial charge >= 0.3 is 0 Å². The van der Waals surface area contributed by atoms with Crippen molar-refractivity contribution in [2.75, 3.05) is 25.6 Å². The van der Waals surface area contributed by atoms with Gasteiger partial charge in [0.25, 0.3) is 5.91 Å². The number of aromatic nitrogens is 2. The van der Waals surface area contributed by atoms with Crippen molar-refractivity contribution in [1.29, 1.82) is 0 Å². The summed E-state index contributed by atoms with van der Waals surface area (Å²) in [6.07, 6.45) is 5.05. The zero-order chi connectivity index (χ0) is 14.9. The fraction of sp³-hybridized carbons (Fsp3) is 0.267. The molecule has 0 spiro atoms. The number of ether oxygens (including phenoxy) is 1. The molecular weight excluding hydrogens is 268 g/mol. The van der Waals surface area contributed by atoms with Gasteiger partial charge in [0, 0.05) is 38.8 Å². The maximum absolute atomic E-state index is 11.8. The standard InChI is InChI=1S/C15H18N4O2/c1-21-9-8-17-15(20)13-2-3-14(19-11-13)18-10-12-4-6-16-7-5-12/h2-7,11H,8-10H2,1H3,(H,17,20)(H,18,19). The molecule has 2 heterocycles. The molecule has 0 bridgehead atoms. The minimum atomic E-state index is -0.153. The smallest absolute Gasteiger partial charge is 0.252 e. The van der Waals surface area contributed by atoms with Crippen LogP contribution in [-0.4, -0.2) is 36.1 Å². The molecule has 2 aromatic heterocycles. The predicted octanol–water partition coefficient (Wildman–Crippen LogP) is 1.46. The molecule has 0 aliphatic heterocycles. The monoisotopic (exact) mass is 286 g/mol. The minimum absolute atomic E-state index is 0.153. The fourth-order valence-electron chi connectivity index (χ4n) is 1.69. The van der Waals surface area contributed by atoms with Crippen LogP contribution in [0.3, 0.4) is 0 Å². The van der Waals surface area contributed by atoms with Gasteiger partial charge in [-0.3, -0.25) is 9.78 Å². The molecular formula is C15H18N4O2. The average Bonchev–Trinajstić information content (AvgIpc) is 2.54. The van der Waals surface area contributed by atoms with Crippen molar-refractivity contribution in [3.63, 3.8) is 0 Å². The molecule has 0 fully saturated rings. The SMILES string of the molecule is COCCNC(=O)c1ccc(NCc2ccncc2)nc1. The van der Waals surface area contributed by atoms with Crippen molar-refractivity contribution in [3.05, 3.63) is 54.0 Å². The summed E-state index contributed by atoms with van der Waals surface area (Å²) in [6, 6.07) is 7.39. The number of methoxy groups -OCH3 is 1. The van der Waals surface area contributed by atoms with Gasteiger partial charge in [-0.1, -0.05) is 0 Å². The molecule has 2 rings (SSSR count). The van der Waals surface area contributed by atoms with Gasteiger partial charge in [-0.2, -0.15) is 0 Å². The molecule has 0 atom stereocenters. The first-order chi connectivity index (χ1) is 10.3. The Hall–Kier alpha value is -2.47. The Labute approximate surface area is 123 Å². The van der Waals surface area contributed by atoms with Crippen molar-refractivity contribution in [3.8, 4) is 0 Å². The van der Waals surface area contributed by atoms with Crippen LogP contribution in [0, 0.1) is 0 Å². The molecule has 1 amide bonds. The first-order valence-corrected chi connectivity index (χ1v) is 6.65. The van der Waals surface area contributed by atoms with Crippen molar-refractivity contribution in [2.45, 2.75) is 6.54 Å². The molecule has 0 aliphatic rings. The number of pyridine rings is 2. The maximum atomic E-state index is 11.8. The van der Waals surface area contributed by atoms with Crippen molar-refractivity contribution in [1.82, 2.24) is 15.3 Å². The lowest BCUT2D eigenvalue weighted by Gasteiger charge is -2.07. The third-order valence-corrected chi connectivity index (χ3v) is 2.84. The number of rotatable bonds is 7. The number of anilines is 1. The number of amides is 1. The molecule has 0 radical (unpaired) electrons. The second-order valence-corrected chi connectivity index (χ2v) is 4.39. The van der Waals surface area contributed by atoms with Crippen LogP contribution >= 0.6 is 0 Å². The van der Waals surface area contributed by atoms with Gasteiger partial charge in [-0.25, -0.2) is 4.98 Å². The van der Waals surface area contributed by atoms with E-state index in [0.717, 1.165) is 11.4 Å². The lowest BCUT2D eigenvalue weighted by Crippen LogP contribution is -2.27. The van der Waals surface area contributed by atoms with Crippen molar-refractivity contribution in [2.24, 2.45) is 0 Å². The Morgan fingerprint density at radius 1 is 1.24 bits per heavy atom. The van der Waals surface area contributed by atoms with Crippen LogP contribution in [0.1, 0.15) is 15.9 Å². The van der Waals surface area contributed by atoms with Crippen LogP contribution in [0.15, 0.2) is 42.9 Å². The van der Waals surface area contributed by atoms with Gasteiger partial charge in [-0.15, -0.1) is 0 Å². The Kier molecular flexibility index (Phi) is 5.66. The van der Waals surface area contributed by atoms with Gasteiger partial charge in [0.05, 0.1) is 12.2 Å². The van der Waals surface area contributed by atoms with E-state index in [-0.39, 0.29) is 5.91 Å². The molecule has 0 saturated heterocycles. The summed E-state index contributed by atoms with van der Waals surface area (Å²) < 4.78 is 4.88. The number of nitrogens with zero attached hydrogens (tertiary/aromatic N) is 2. The van der Waals surface area contributed by atoms with Crippen LogP contribution in [0.5, 0.6) is 0 Å². The molecule has 0 saturated carbocycles. The van der Waals surface area contributed by atoms with E-state index in [1.54, 1.807) is 37.8 Å². The van der Waals surface area contributed by atoms with E-state index < -0.39 is 0 Å². The summed E-state index contributed by atoms with van der Waals surface area (Å²) in [4.78, 5) is 20.0. The highest BCUT2D eigenvalue weighted by Gasteiger charge is 2.05. The third-order valence-electron chi connectivity index (χ3n) is 2.84. The molecule has 110 valence electrons. The van der Waals surface area contributed by atoms with E-state index in [4.69, 9.17) is 4.74 Å². The van der Waals surface area contributed by atoms with Gasteiger partial charge in [0.2, 0.25) is 0 Å². The van der Waals surface area contributed by atoms with Gasteiger partial charge in [-0.05, 0) is 29.8 Å². The highest BCUT2D eigenvalue weighted by Crippen LogP contribution is 2.07. The summed E-state index contributed by atoms with van der Waals surface area (Å²) in [5, 5.41) is 5.93. The number of hydrogen-bond acceptors (Lipinski definition) is 5. The topological polar surface area (TPSA) is 76.1 Å². The summed E-state index contributed by atoms with van der Waals surface area (Å²) in [6.45, 7) is 1.64. The summed E-state index contributed by atoms with van der Waals surface area (Å²) in [7, 11) is 1.59. The number of carbonyl (C=O) groups is 1. The molecule has 6 heteroatoms. The van der Waals surface area contributed by atoms with Crippen molar-refractivity contribution >= 4 is 11.7 Å². The number of nitrogens with one attached hydrogen (secondary N) is 2. The number of carbonyl (C=O) groups excluding carboxylic acids is 1. The summed E-state index contributed by atoms with van der Waals surface area (Å²) >= 11 is 0. The Morgan fingerprint density at radius 2 is 2.05 bits per heavy atom. The van der Waals surface area contributed by atoms with E-state index in [9.17, 15) is 4.79 Å². The van der Waals surface area contributed by atoms with E-state index in [1.807, 2.05) is 12.1 Å². The van der Waals surface area contributed by atoms with E-state index in [0.29, 0.717) is 25.3 Å². The maximum Gasteiger partial charge on any atom is 0.252 e. The molecule has 0 aromatic carbocycles.